The van der Waals surface area contributed by atoms with Crippen LogP contribution in [0.2, 0.25) is 0 Å². The van der Waals surface area contributed by atoms with Crippen molar-refractivity contribution in [3.8, 4) is 5.75 Å². The number of nitrogens with one attached hydrogen (secondary N) is 1. The van der Waals surface area contributed by atoms with Gasteiger partial charge in [0.1, 0.15) is 17.7 Å². The second kappa shape index (κ2) is 8.74. The highest BCUT2D eigenvalue weighted by Gasteiger charge is 2.32. The van der Waals surface area contributed by atoms with Crippen molar-refractivity contribution in [3.05, 3.63) is 69.8 Å². The molecular formula is C19H18N4O5S. The fraction of sp³-hybridized carbons (Fsp3) is 0.211. The van der Waals surface area contributed by atoms with E-state index in [1.807, 2.05) is 0 Å². The van der Waals surface area contributed by atoms with Gasteiger partial charge in [0.15, 0.2) is 5.17 Å². The minimum absolute atomic E-state index is 0.00576. The van der Waals surface area contributed by atoms with Gasteiger partial charge in [0, 0.05) is 19.9 Å². The molecule has 2 amide bonds. The average molecular weight is 414 g/mol. The van der Waals surface area contributed by atoms with Gasteiger partial charge in [-0.1, -0.05) is 36.0 Å². The van der Waals surface area contributed by atoms with Crippen molar-refractivity contribution < 1.29 is 19.2 Å². The number of nitro groups is 1. The Hall–Kier alpha value is -3.40. The zero-order chi connectivity index (χ0) is 21.0. The summed E-state index contributed by atoms with van der Waals surface area (Å²) in [5, 5.41) is 19.1. The van der Waals surface area contributed by atoms with Gasteiger partial charge >= 0.3 is 0 Å². The predicted octanol–water partition coefficient (Wildman–Crippen LogP) is 3.17. The lowest BCUT2D eigenvalue weighted by molar-refractivity contribution is -0.385. The largest absolute Gasteiger partial charge is 0.489 e. The first-order valence-corrected chi connectivity index (χ1v) is 9.51. The molecular weight excluding hydrogens is 396 g/mol. The minimum Gasteiger partial charge on any atom is -0.489 e. The molecule has 1 aliphatic rings. The summed E-state index contributed by atoms with van der Waals surface area (Å²) in [7, 11) is 0. The van der Waals surface area contributed by atoms with Gasteiger partial charge in [-0.3, -0.25) is 19.7 Å². The first kappa shape index (κ1) is 20.3. The first-order valence-electron chi connectivity index (χ1n) is 8.63. The zero-order valence-corrected chi connectivity index (χ0v) is 16.5. The monoisotopic (exact) mass is 414 g/mol. The van der Waals surface area contributed by atoms with Crippen LogP contribution in [0.1, 0.15) is 30.3 Å². The van der Waals surface area contributed by atoms with Gasteiger partial charge in [-0.05, 0) is 23.8 Å². The molecule has 10 heteroatoms. The van der Waals surface area contributed by atoms with Crippen LogP contribution in [0.15, 0.2) is 53.6 Å². The number of nitro benzene ring substituents is 1. The van der Waals surface area contributed by atoms with Crippen LogP contribution in [0, 0.1) is 10.1 Å². The lowest BCUT2D eigenvalue weighted by Gasteiger charge is -2.19. The maximum Gasteiger partial charge on any atom is 0.276 e. The van der Waals surface area contributed by atoms with Gasteiger partial charge in [-0.2, -0.15) is 0 Å². The topological polar surface area (TPSA) is 114 Å². The molecule has 0 unspecified atom stereocenters. The van der Waals surface area contributed by atoms with Crippen molar-refractivity contribution in [3.63, 3.8) is 0 Å². The molecule has 0 aliphatic carbocycles. The average Bonchev–Trinajstić information content (AvgIpc) is 3.10. The highest BCUT2D eigenvalue weighted by atomic mass is 32.2. The maximum atomic E-state index is 11.9. The summed E-state index contributed by atoms with van der Waals surface area (Å²) < 4.78 is 5.67. The molecule has 0 radical (unpaired) electrons. The number of thioether (sulfide) groups is 1. The number of hydrogen-bond donors (Lipinski definition) is 1. The van der Waals surface area contributed by atoms with Crippen molar-refractivity contribution in [1.29, 1.82) is 0 Å². The third-order valence-electron chi connectivity index (χ3n) is 4.00. The summed E-state index contributed by atoms with van der Waals surface area (Å²) in [6.45, 7) is 2.83. The maximum absolute atomic E-state index is 11.9. The molecule has 0 fully saturated rings. The van der Waals surface area contributed by atoms with E-state index < -0.39 is 10.3 Å². The molecule has 1 N–H and O–H groups in total. The van der Waals surface area contributed by atoms with Gasteiger partial charge in [0.25, 0.3) is 5.69 Å². The molecule has 1 heterocycles. The second-order valence-electron chi connectivity index (χ2n) is 6.16. The Kier molecular flexibility index (Phi) is 6.13. The summed E-state index contributed by atoms with van der Waals surface area (Å²) in [6.07, 6.45) is 0. The Labute approximate surface area is 170 Å². The highest BCUT2D eigenvalue weighted by molar-refractivity contribution is 8.14. The van der Waals surface area contributed by atoms with Crippen molar-refractivity contribution in [1.82, 2.24) is 10.3 Å². The summed E-state index contributed by atoms with van der Waals surface area (Å²) >= 11 is 1.26. The van der Waals surface area contributed by atoms with E-state index in [9.17, 15) is 19.7 Å². The first-order chi connectivity index (χ1) is 13.8. The van der Waals surface area contributed by atoms with Crippen LogP contribution in [0.25, 0.3) is 0 Å². The zero-order valence-electron chi connectivity index (χ0n) is 15.7. The number of amidine groups is 1. The Morgan fingerprint density at radius 1 is 1.21 bits per heavy atom. The van der Waals surface area contributed by atoms with Crippen LogP contribution in [-0.4, -0.2) is 26.9 Å². The molecule has 2 aromatic rings. The summed E-state index contributed by atoms with van der Waals surface area (Å²) in [5.41, 5.74) is 1.28. The Balaban J connectivity index is 1.70. The Morgan fingerprint density at radius 2 is 1.90 bits per heavy atom. The molecule has 0 aromatic heterocycles. The minimum atomic E-state index is -0.442. The van der Waals surface area contributed by atoms with Crippen molar-refractivity contribution in [2.45, 2.75) is 25.8 Å². The molecule has 29 heavy (non-hydrogen) atoms. The predicted molar refractivity (Wildman–Crippen MR) is 108 cm³/mol. The van der Waals surface area contributed by atoms with E-state index in [0.29, 0.717) is 16.5 Å². The van der Waals surface area contributed by atoms with E-state index in [4.69, 9.17) is 4.74 Å². The van der Waals surface area contributed by atoms with Gasteiger partial charge in [0.05, 0.1) is 10.5 Å². The Bertz CT molecular complexity index is 977. The van der Waals surface area contributed by atoms with Gasteiger partial charge in [0.2, 0.25) is 11.8 Å². The fourth-order valence-electron chi connectivity index (χ4n) is 2.68. The van der Waals surface area contributed by atoms with Gasteiger partial charge in [-0.25, -0.2) is 5.01 Å². The van der Waals surface area contributed by atoms with Gasteiger partial charge in [-0.15, -0.1) is 5.10 Å². The third-order valence-corrected chi connectivity index (χ3v) is 5.10. The second-order valence-corrected chi connectivity index (χ2v) is 7.23. The molecule has 1 aliphatic heterocycles. The van der Waals surface area contributed by atoms with E-state index in [0.717, 1.165) is 5.56 Å². The number of carbonyl (C=O) groups excluding carboxylic acids is 2. The van der Waals surface area contributed by atoms with Crippen molar-refractivity contribution >= 4 is 34.4 Å². The summed E-state index contributed by atoms with van der Waals surface area (Å²) in [4.78, 5) is 33.8. The molecule has 150 valence electrons. The number of benzene rings is 2. The van der Waals surface area contributed by atoms with E-state index in [1.54, 1.807) is 42.5 Å². The molecule has 0 saturated heterocycles. The summed E-state index contributed by atoms with van der Waals surface area (Å²) in [5.74, 6) is 0.0194. The molecule has 0 bridgehead atoms. The fourth-order valence-corrected chi connectivity index (χ4v) is 3.82. The Morgan fingerprint density at radius 3 is 2.52 bits per heavy atom. The number of hydrogen-bond acceptors (Lipinski definition) is 7. The molecule has 1 atom stereocenters. The number of para-hydroxylation sites is 1. The van der Waals surface area contributed by atoms with Crippen LogP contribution in [0.5, 0.6) is 5.75 Å². The normalized spacial score (nSPS) is 15.6. The van der Waals surface area contributed by atoms with E-state index in [2.05, 4.69) is 10.4 Å². The van der Waals surface area contributed by atoms with Crippen molar-refractivity contribution in [2.75, 3.05) is 0 Å². The number of hydrazone groups is 1. The molecule has 9 nitrogen and oxygen atoms in total. The molecule has 0 saturated carbocycles. The van der Waals surface area contributed by atoms with Crippen molar-refractivity contribution in [2.24, 2.45) is 5.10 Å². The van der Waals surface area contributed by atoms with Crippen LogP contribution in [-0.2, 0) is 16.2 Å². The lowest BCUT2D eigenvalue weighted by Crippen LogP contribution is -2.25. The van der Waals surface area contributed by atoms with Gasteiger partial charge < -0.3 is 10.1 Å². The van der Waals surface area contributed by atoms with E-state index in [-0.39, 0.29) is 24.1 Å². The number of carbonyl (C=O) groups is 2. The number of nitrogens with zero attached hydrogens (tertiary/aromatic N) is 3. The molecule has 0 spiro atoms. The lowest BCUT2D eigenvalue weighted by atomic mass is 10.2. The smallest absolute Gasteiger partial charge is 0.276 e. The van der Waals surface area contributed by atoms with Crippen LogP contribution in [0.4, 0.5) is 5.69 Å². The number of ether oxygens (including phenoxy) is 1. The highest BCUT2D eigenvalue weighted by Crippen LogP contribution is 2.39. The standard InChI is InChI=1S/C19H18N4O5S/c1-12(24)20-19-21-22(13(2)25)18(29-19)14-7-9-16(10-8-14)28-11-15-5-3-4-6-17(15)23(26)27/h3-10,18H,11H2,1-2H3,(H,20,21,24)/t18-/m0/s1. The van der Waals surface area contributed by atoms with Crippen LogP contribution >= 0.6 is 11.8 Å². The SMILES string of the molecule is CC(=O)NC1=NN(C(C)=O)[C@H](c2ccc(OCc3ccccc3[N+](=O)[O-])cc2)S1. The third kappa shape index (κ3) is 4.91. The van der Waals surface area contributed by atoms with E-state index in [1.165, 1.54) is 36.7 Å². The van der Waals surface area contributed by atoms with Crippen LogP contribution < -0.4 is 10.1 Å². The molecule has 3 rings (SSSR count). The van der Waals surface area contributed by atoms with Crippen LogP contribution in [0.3, 0.4) is 0 Å². The van der Waals surface area contributed by atoms with E-state index >= 15 is 0 Å². The molecule has 2 aromatic carbocycles. The number of rotatable bonds is 5. The number of amides is 2. The quantitative estimate of drug-likeness (QED) is 0.594. The summed E-state index contributed by atoms with van der Waals surface area (Å²) in [6, 6.07) is 13.4.